The van der Waals surface area contributed by atoms with Crippen molar-refractivity contribution in [3.8, 4) is 5.75 Å². The number of halogens is 2. The minimum atomic E-state index is -2.90. The van der Waals surface area contributed by atoms with Gasteiger partial charge in [-0.1, -0.05) is 42.7 Å². The fourth-order valence-electron chi connectivity index (χ4n) is 6.66. The van der Waals surface area contributed by atoms with E-state index in [-0.39, 0.29) is 6.10 Å². The first-order valence-electron chi connectivity index (χ1n) is 17.8. The Hall–Kier alpha value is -1.72. The molecule has 0 aromatic heterocycles. The molecule has 10 heteroatoms. The number of nitrogens with zero attached hydrogens (tertiary/aromatic N) is 2. The molecule has 3 aromatic rings. The molecular formula is C40H58Cl2N2O4PRu-. The molecule has 4 rings (SSSR count). The van der Waals surface area contributed by atoms with Crippen LogP contribution in [0.3, 0.4) is 0 Å². The van der Waals surface area contributed by atoms with Crippen LogP contribution in [-0.4, -0.2) is 43.2 Å². The molecular weight excluding hydrogens is 775 g/mol. The van der Waals surface area contributed by atoms with E-state index in [2.05, 4.69) is 75.4 Å². The monoisotopic (exact) mass is 833 g/mol. The van der Waals surface area contributed by atoms with Crippen molar-refractivity contribution in [1.29, 1.82) is 0 Å². The summed E-state index contributed by atoms with van der Waals surface area (Å²) in [6, 6.07) is 17.1. The average molecular weight is 834 g/mol. The Morgan fingerprint density at radius 1 is 0.820 bits per heavy atom. The molecule has 6 nitrogen and oxygen atoms in total. The van der Waals surface area contributed by atoms with Crippen LogP contribution >= 0.6 is 27.0 Å². The number of benzene rings is 3. The molecule has 0 bridgehead atoms. The molecule has 280 valence electrons. The Morgan fingerprint density at radius 3 is 1.86 bits per heavy atom. The smallest absolute Gasteiger partial charge is 0.330 e. The molecule has 1 saturated heterocycles. The summed E-state index contributed by atoms with van der Waals surface area (Å²) >= 11 is -1.77. The Balaban J connectivity index is 0.000000403. The molecule has 0 amide bonds. The molecule has 0 unspecified atom stereocenters. The summed E-state index contributed by atoms with van der Waals surface area (Å²) in [5, 5.41) is 0. The molecule has 0 atom stereocenters. The number of ether oxygens (including phenoxy) is 1. The van der Waals surface area contributed by atoms with Gasteiger partial charge in [-0.2, -0.15) is 6.67 Å². The first kappa shape index (κ1) is 42.7. The number of aryl methyl sites for hydroxylation is 6. The fourth-order valence-corrected chi connectivity index (χ4v) is 10.2. The number of unbranched alkanes of at least 4 members (excludes halogenated alkanes) is 3. The van der Waals surface area contributed by atoms with Gasteiger partial charge in [0.05, 0.1) is 19.4 Å². The van der Waals surface area contributed by atoms with Crippen LogP contribution < -0.4 is 14.5 Å². The van der Waals surface area contributed by atoms with Crippen molar-refractivity contribution >= 4 is 43.0 Å². The van der Waals surface area contributed by atoms with Gasteiger partial charge >= 0.3 is 105 Å². The molecule has 50 heavy (non-hydrogen) atoms. The fraction of sp³-hybridized carbons (Fsp3) is 0.500. The summed E-state index contributed by atoms with van der Waals surface area (Å²) < 4.78 is 30.9. The third-order valence-corrected chi connectivity index (χ3v) is 12.4. The maximum absolute atomic E-state index is 12.6. The van der Waals surface area contributed by atoms with E-state index in [4.69, 9.17) is 33.2 Å². The first-order valence-corrected chi connectivity index (χ1v) is 25.0. The van der Waals surface area contributed by atoms with Crippen LogP contribution in [0.1, 0.15) is 92.3 Å². The van der Waals surface area contributed by atoms with Crippen LogP contribution in [0.15, 0.2) is 48.5 Å². The zero-order valence-corrected chi connectivity index (χ0v) is 35.7. The van der Waals surface area contributed by atoms with Crippen molar-refractivity contribution in [3.63, 3.8) is 0 Å². The Labute approximate surface area is 315 Å². The van der Waals surface area contributed by atoms with Gasteiger partial charge in [0.2, 0.25) is 0 Å². The van der Waals surface area contributed by atoms with E-state index in [9.17, 15) is 4.57 Å². The van der Waals surface area contributed by atoms with Crippen molar-refractivity contribution in [2.75, 3.05) is 42.3 Å². The zero-order valence-electron chi connectivity index (χ0n) is 31.5. The second kappa shape index (κ2) is 21.1. The van der Waals surface area contributed by atoms with Crippen molar-refractivity contribution in [2.45, 2.75) is 101 Å². The van der Waals surface area contributed by atoms with Gasteiger partial charge in [0.25, 0.3) is 0 Å². The molecule has 3 aromatic carbocycles. The maximum atomic E-state index is 12.6. The van der Waals surface area contributed by atoms with Gasteiger partial charge in [-0.05, 0) is 95.5 Å². The number of hydrogen-bond donors (Lipinski definition) is 0. The predicted molar refractivity (Wildman–Crippen MR) is 213 cm³/mol. The van der Waals surface area contributed by atoms with Gasteiger partial charge in [0, 0.05) is 24.5 Å². The van der Waals surface area contributed by atoms with Crippen molar-refractivity contribution < 1.29 is 31.9 Å². The van der Waals surface area contributed by atoms with Crippen LogP contribution in [0.2, 0.25) is 0 Å². The normalized spacial score (nSPS) is 13.4. The van der Waals surface area contributed by atoms with E-state index < -0.39 is 21.1 Å². The number of hydrogen-bond acceptors (Lipinski definition) is 6. The second-order valence-corrected chi connectivity index (χ2v) is 21.1. The van der Waals surface area contributed by atoms with Crippen LogP contribution in [-0.2, 0) is 33.6 Å². The first-order chi connectivity index (χ1) is 23.8. The van der Waals surface area contributed by atoms with E-state index in [1.165, 1.54) is 44.8 Å². The molecule has 0 aliphatic carbocycles. The number of anilines is 2. The molecule has 1 heterocycles. The zero-order chi connectivity index (χ0) is 36.8. The number of para-hydroxylation sites is 1. The second-order valence-electron chi connectivity index (χ2n) is 13.2. The van der Waals surface area contributed by atoms with Crippen LogP contribution in [0.25, 0.3) is 0 Å². The Bertz CT molecular complexity index is 1560. The van der Waals surface area contributed by atoms with Crippen LogP contribution in [0.5, 0.6) is 5.75 Å². The number of rotatable bonds is 16. The minimum absolute atomic E-state index is 0.163. The summed E-state index contributed by atoms with van der Waals surface area (Å²) in [5.74, 6) is 0.850. The standard InChI is InChI=1S/C30H46N2O3P.C10H12O.2ClH.Ru/c1-8-34-36(33,35-9-2)17-13-11-10-12-14-28-20-26(6)30(27(7)21-28)32-16-15-31(22-32)29-24(4)18-23(3)19-25(29)5;1-8(2)11-10-7-5-4-6-9(10)3;;;/h18-22H,8-17H2,1-7H3;3-8H,1-2H3;2*1H;/q-1;;;;+2/p-2. The maximum Gasteiger partial charge on any atom is 0.330 e. The van der Waals surface area contributed by atoms with E-state index in [1.807, 2.05) is 56.6 Å². The van der Waals surface area contributed by atoms with Crippen LogP contribution in [0, 0.1) is 41.3 Å². The van der Waals surface area contributed by atoms with E-state index in [1.54, 1.807) is 0 Å². The molecule has 1 aliphatic heterocycles. The quantitative estimate of drug-likeness (QED) is 0.0620. The third-order valence-electron chi connectivity index (χ3n) is 8.39. The molecule has 1 fully saturated rings. The molecule has 0 saturated carbocycles. The van der Waals surface area contributed by atoms with Crippen LogP contribution in [0.4, 0.5) is 11.4 Å². The average Bonchev–Trinajstić information content (AvgIpc) is 3.48. The largest absolute Gasteiger partial charge is 0.502 e. The molecule has 1 aliphatic rings. The van der Waals surface area contributed by atoms with Crippen molar-refractivity contribution in [3.05, 3.63) is 94.1 Å². The van der Waals surface area contributed by atoms with E-state index >= 15 is 0 Å². The van der Waals surface area contributed by atoms with Gasteiger partial charge in [0.15, 0.2) is 0 Å². The SMILES string of the molecule is CC(C)Oc1ccccc1[CH]=[Ru]([Cl])[Cl].CCOP(=O)(CCCCCCc1cc(C)c(N2[CH-]N(c3c(C)cc(C)cc3C)CC2)c(C)c1)OCC. The molecule has 0 N–H and O–H groups in total. The third kappa shape index (κ3) is 13.4. The van der Waals surface area contributed by atoms with Gasteiger partial charge in [-0.15, -0.1) is 0 Å². The summed E-state index contributed by atoms with van der Waals surface area (Å²) in [4.78, 5) is 4.83. The molecule has 0 radical (unpaired) electrons. The van der Waals surface area contributed by atoms with Crippen molar-refractivity contribution in [2.24, 2.45) is 0 Å². The van der Waals surface area contributed by atoms with E-state index in [0.29, 0.717) is 19.4 Å². The Morgan fingerprint density at radius 2 is 1.34 bits per heavy atom. The summed E-state index contributed by atoms with van der Waals surface area (Å²) in [6.07, 6.45) is 5.96. The summed E-state index contributed by atoms with van der Waals surface area (Å²) in [6.45, 7) is 24.0. The minimum Gasteiger partial charge on any atom is -0.502 e. The molecule has 0 spiro atoms. The Kier molecular flexibility index (Phi) is 18.0. The topological polar surface area (TPSA) is 51.2 Å². The van der Waals surface area contributed by atoms with Gasteiger partial charge in [-0.25, -0.2) is 0 Å². The summed E-state index contributed by atoms with van der Waals surface area (Å²) in [7, 11) is 8.74. The van der Waals surface area contributed by atoms with E-state index in [0.717, 1.165) is 56.5 Å². The summed E-state index contributed by atoms with van der Waals surface area (Å²) in [5.41, 5.74) is 11.8. The van der Waals surface area contributed by atoms with Gasteiger partial charge in [0.1, 0.15) is 0 Å². The predicted octanol–water partition coefficient (Wildman–Crippen LogP) is 11.6. The van der Waals surface area contributed by atoms with Gasteiger partial charge < -0.3 is 18.8 Å². The van der Waals surface area contributed by atoms with Gasteiger partial charge in [-0.3, -0.25) is 4.57 Å². The van der Waals surface area contributed by atoms with Crippen molar-refractivity contribution in [1.82, 2.24) is 0 Å².